The van der Waals surface area contributed by atoms with E-state index in [0.29, 0.717) is 0 Å². The minimum atomic E-state index is -0.661. The third-order valence-electron chi connectivity index (χ3n) is 5.83. The van der Waals surface area contributed by atoms with Crippen LogP contribution in [0.4, 0.5) is 0 Å². The lowest BCUT2D eigenvalue weighted by atomic mass is 9.56. The summed E-state index contributed by atoms with van der Waals surface area (Å²) in [6.45, 7) is 0. The molecule has 3 heteroatoms. The molecule has 0 aromatic carbocycles. The molecule has 3 aliphatic carbocycles. The summed E-state index contributed by atoms with van der Waals surface area (Å²) in [6.07, 6.45) is 14.4. The Labute approximate surface area is 126 Å². The quantitative estimate of drug-likeness (QED) is 0.789. The number of carboxylic acids is 1. The third kappa shape index (κ3) is 3.08. The van der Waals surface area contributed by atoms with Crippen molar-refractivity contribution in [1.29, 1.82) is 0 Å². The smallest absolute Gasteiger partial charge is 0.313 e. The highest BCUT2D eigenvalue weighted by molar-refractivity contribution is 7.99. The summed E-state index contributed by atoms with van der Waals surface area (Å²) in [4.78, 5) is 10.8. The zero-order valence-electron chi connectivity index (χ0n) is 12.2. The highest BCUT2D eigenvalue weighted by Gasteiger charge is 2.44. The second kappa shape index (κ2) is 6.55. The maximum absolute atomic E-state index is 10.8. The monoisotopic (exact) mass is 294 g/mol. The van der Waals surface area contributed by atoms with Gasteiger partial charge in [-0.05, 0) is 61.0 Å². The van der Waals surface area contributed by atoms with Crippen LogP contribution < -0.4 is 0 Å². The lowest BCUT2D eigenvalue weighted by Crippen LogP contribution is -2.43. The average Bonchev–Trinajstić information content (AvgIpc) is 2.46. The molecule has 0 aromatic rings. The number of hydrogen-bond donors (Lipinski definition) is 1. The molecular weight excluding hydrogens is 268 g/mol. The van der Waals surface area contributed by atoms with Crippen LogP contribution in [0.3, 0.4) is 0 Å². The molecule has 20 heavy (non-hydrogen) atoms. The molecule has 0 bridgehead atoms. The van der Waals surface area contributed by atoms with Gasteiger partial charge < -0.3 is 5.11 Å². The summed E-state index contributed by atoms with van der Waals surface area (Å²) in [5, 5.41) is 8.88. The van der Waals surface area contributed by atoms with Crippen LogP contribution in [-0.2, 0) is 4.79 Å². The van der Waals surface area contributed by atoms with Gasteiger partial charge in [0.2, 0.25) is 0 Å². The lowest BCUT2D eigenvalue weighted by molar-refractivity contribution is -0.133. The largest absolute Gasteiger partial charge is 0.481 e. The van der Waals surface area contributed by atoms with Crippen molar-refractivity contribution in [3.05, 3.63) is 12.2 Å². The number of rotatable bonds is 4. The SMILES string of the molecule is O=C(O)CSC[C@H]1C2CC=CCC2CC2CCCCC21. The van der Waals surface area contributed by atoms with E-state index in [1.165, 1.54) is 44.9 Å². The molecule has 0 heterocycles. The topological polar surface area (TPSA) is 37.3 Å². The molecule has 5 atom stereocenters. The van der Waals surface area contributed by atoms with E-state index < -0.39 is 5.97 Å². The van der Waals surface area contributed by atoms with Gasteiger partial charge in [0.1, 0.15) is 0 Å². The van der Waals surface area contributed by atoms with Gasteiger partial charge in [-0.25, -0.2) is 0 Å². The van der Waals surface area contributed by atoms with Crippen molar-refractivity contribution in [2.24, 2.45) is 29.6 Å². The highest BCUT2D eigenvalue weighted by atomic mass is 32.2. The van der Waals surface area contributed by atoms with E-state index in [2.05, 4.69) is 12.2 Å². The van der Waals surface area contributed by atoms with Gasteiger partial charge in [-0.1, -0.05) is 31.4 Å². The first-order valence-electron chi connectivity index (χ1n) is 8.20. The Morgan fingerprint density at radius 1 is 1.10 bits per heavy atom. The second-order valence-corrected chi connectivity index (χ2v) is 7.91. The summed E-state index contributed by atoms with van der Waals surface area (Å²) >= 11 is 1.66. The zero-order valence-corrected chi connectivity index (χ0v) is 13.0. The second-order valence-electron chi connectivity index (χ2n) is 6.88. The summed E-state index contributed by atoms with van der Waals surface area (Å²) < 4.78 is 0. The fourth-order valence-corrected chi connectivity index (χ4v) is 6.07. The standard InChI is InChI=1S/C17H26O2S/c18-17(19)11-20-10-16-14-7-3-1-5-12(14)9-13-6-2-4-8-15(13)16/h1,3,12-16H,2,4-11H2,(H,18,19)/t12?,13?,14?,15?,16-/m0/s1. The molecule has 3 rings (SSSR count). The van der Waals surface area contributed by atoms with Crippen molar-refractivity contribution in [2.75, 3.05) is 11.5 Å². The van der Waals surface area contributed by atoms with E-state index >= 15 is 0 Å². The average molecular weight is 294 g/mol. The summed E-state index contributed by atoms with van der Waals surface area (Å²) in [5.41, 5.74) is 0. The van der Waals surface area contributed by atoms with E-state index in [0.717, 1.165) is 35.3 Å². The minimum Gasteiger partial charge on any atom is -0.481 e. The van der Waals surface area contributed by atoms with E-state index in [-0.39, 0.29) is 5.75 Å². The van der Waals surface area contributed by atoms with Crippen molar-refractivity contribution in [1.82, 2.24) is 0 Å². The zero-order chi connectivity index (χ0) is 13.9. The molecule has 112 valence electrons. The number of carboxylic acid groups (broad SMARTS) is 1. The van der Waals surface area contributed by atoms with Gasteiger partial charge in [0, 0.05) is 0 Å². The number of fused-ring (bicyclic) bond motifs is 2. The maximum atomic E-state index is 10.8. The van der Waals surface area contributed by atoms with Gasteiger partial charge in [0.25, 0.3) is 0 Å². The molecule has 3 aliphatic rings. The van der Waals surface area contributed by atoms with E-state index in [1.54, 1.807) is 11.8 Å². The molecular formula is C17H26O2S. The first-order chi connectivity index (χ1) is 9.75. The first kappa shape index (κ1) is 14.5. The Kier molecular flexibility index (Phi) is 4.75. The molecule has 0 saturated heterocycles. The van der Waals surface area contributed by atoms with Gasteiger partial charge in [0.15, 0.2) is 0 Å². The van der Waals surface area contributed by atoms with Crippen molar-refractivity contribution in [3.63, 3.8) is 0 Å². The van der Waals surface area contributed by atoms with Gasteiger partial charge in [0.05, 0.1) is 5.75 Å². The van der Waals surface area contributed by atoms with Gasteiger partial charge in [-0.2, -0.15) is 0 Å². The predicted octanol–water partition coefficient (Wildman–Crippen LogP) is 4.21. The molecule has 2 nitrogen and oxygen atoms in total. The molecule has 4 unspecified atom stereocenters. The van der Waals surface area contributed by atoms with Gasteiger partial charge in [-0.3, -0.25) is 4.79 Å². The number of hydrogen-bond acceptors (Lipinski definition) is 2. The molecule has 0 aliphatic heterocycles. The molecule has 0 spiro atoms. The van der Waals surface area contributed by atoms with Crippen LogP contribution in [0.1, 0.15) is 44.9 Å². The summed E-state index contributed by atoms with van der Waals surface area (Å²) in [7, 11) is 0. The lowest BCUT2D eigenvalue weighted by Gasteiger charge is -2.50. The highest BCUT2D eigenvalue weighted by Crippen LogP contribution is 2.52. The molecule has 0 amide bonds. The Balaban J connectivity index is 1.70. The Bertz CT molecular complexity index is 379. The number of carbonyl (C=O) groups is 1. The van der Waals surface area contributed by atoms with Crippen molar-refractivity contribution >= 4 is 17.7 Å². The van der Waals surface area contributed by atoms with E-state index in [1.807, 2.05) is 0 Å². The Hall–Kier alpha value is -0.440. The predicted molar refractivity (Wildman–Crippen MR) is 83.9 cm³/mol. The van der Waals surface area contributed by atoms with Crippen LogP contribution in [0, 0.1) is 29.6 Å². The van der Waals surface area contributed by atoms with Crippen molar-refractivity contribution < 1.29 is 9.90 Å². The summed E-state index contributed by atoms with van der Waals surface area (Å²) in [5.74, 6) is 5.00. The van der Waals surface area contributed by atoms with Crippen LogP contribution in [0.25, 0.3) is 0 Å². The number of allylic oxidation sites excluding steroid dienone is 2. The Morgan fingerprint density at radius 2 is 1.90 bits per heavy atom. The fourth-order valence-electron chi connectivity index (χ4n) is 5.02. The van der Waals surface area contributed by atoms with Crippen LogP contribution in [0.5, 0.6) is 0 Å². The number of aliphatic carboxylic acids is 1. The molecule has 0 aromatic heterocycles. The van der Waals surface area contributed by atoms with Crippen LogP contribution in [0.15, 0.2) is 12.2 Å². The normalized spacial score (nSPS) is 39.9. The van der Waals surface area contributed by atoms with Crippen LogP contribution >= 0.6 is 11.8 Å². The van der Waals surface area contributed by atoms with Gasteiger partial charge in [-0.15, -0.1) is 11.8 Å². The van der Waals surface area contributed by atoms with Crippen LogP contribution in [0.2, 0.25) is 0 Å². The third-order valence-corrected chi connectivity index (χ3v) is 6.90. The summed E-state index contributed by atoms with van der Waals surface area (Å²) in [6, 6.07) is 0. The van der Waals surface area contributed by atoms with Crippen molar-refractivity contribution in [2.45, 2.75) is 44.9 Å². The molecule has 0 radical (unpaired) electrons. The first-order valence-corrected chi connectivity index (χ1v) is 9.35. The Morgan fingerprint density at radius 3 is 2.75 bits per heavy atom. The van der Waals surface area contributed by atoms with E-state index in [9.17, 15) is 4.79 Å². The maximum Gasteiger partial charge on any atom is 0.313 e. The molecule has 1 N–H and O–H groups in total. The van der Waals surface area contributed by atoms with Crippen LogP contribution in [-0.4, -0.2) is 22.6 Å². The van der Waals surface area contributed by atoms with E-state index in [4.69, 9.17) is 5.11 Å². The number of thioether (sulfide) groups is 1. The minimum absolute atomic E-state index is 0.279. The fraction of sp³-hybridized carbons (Fsp3) is 0.824. The molecule has 2 saturated carbocycles. The van der Waals surface area contributed by atoms with Gasteiger partial charge >= 0.3 is 5.97 Å². The van der Waals surface area contributed by atoms with Crippen molar-refractivity contribution in [3.8, 4) is 0 Å². The molecule has 2 fully saturated rings.